The standard InChI is InChI=1S/C22H37N5O2/c1-23-22(24-15-17-6-5-9-26(2)16-17)25-18-7-10-27(11-8-18)19-12-20(28-3)14-21(13-19)29-4/h12-14,17-18H,5-11,15-16H2,1-4H3,(H2,23,24,25). The number of rotatable bonds is 6. The van der Waals surface area contributed by atoms with Gasteiger partial charge in [-0.15, -0.1) is 0 Å². The van der Waals surface area contributed by atoms with Crippen LogP contribution in [0.15, 0.2) is 23.2 Å². The van der Waals surface area contributed by atoms with E-state index in [4.69, 9.17) is 9.47 Å². The number of nitrogens with zero attached hydrogens (tertiary/aromatic N) is 3. The molecule has 0 radical (unpaired) electrons. The van der Waals surface area contributed by atoms with Crippen molar-refractivity contribution in [3.05, 3.63) is 18.2 Å². The predicted molar refractivity (Wildman–Crippen MR) is 119 cm³/mol. The van der Waals surface area contributed by atoms with Crippen LogP contribution < -0.4 is 25.0 Å². The summed E-state index contributed by atoms with van der Waals surface area (Å²) >= 11 is 0. The Hall–Kier alpha value is -2.15. The Morgan fingerprint density at radius 3 is 2.34 bits per heavy atom. The van der Waals surface area contributed by atoms with Crippen molar-refractivity contribution in [3.8, 4) is 11.5 Å². The highest BCUT2D eigenvalue weighted by atomic mass is 16.5. The van der Waals surface area contributed by atoms with Gasteiger partial charge >= 0.3 is 0 Å². The average Bonchev–Trinajstić information content (AvgIpc) is 2.76. The third kappa shape index (κ3) is 6.16. The van der Waals surface area contributed by atoms with Gasteiger partial charge in [-0.05, 0) is 45.2 Å². The summed E-state index contributed by atoms with van der Waals surface area (Å²) in [5.74, 6) is 3.30. The van der Waals surface area contributed by atoms with Crippen LogP contribution in [0.25, 0.3) is 0 Å². The first-order valence-electron chi connectivity index (χ1n) is 10.7. The molecule has 2 fully saturated rings. The van der Waals surface area contributed by atoms with Crippen molar-refractivity contribution in [2.75, 3.05) is 65.9 Å². The van der Waals surface area contributed by atoms with Crippen molar-refractivity contribution in [2.45, 2.75) is 31.7 Å². The zero-order chi connectivity index (χ0) is 20.6. The van der Waals surface area contributed by atoms with E-state index in [1.807, 2.05) is 13.1 Å². The van der Waals surface area contributed by atoms with E-state index >= 15 is 0 Å². The minimum atomic E-state index is 0.444. The normalized spacial score (nSPS) is 21.7. The third-order valence-electron chi connectivity index (χ3n) is 6.04. The summed E-state index contributed by atoms with van der Waals surface area (Å²) in [6.07, 6.45) is 4.75. The number of likely N-dealkylation sites (tertiary alicyclic amines) is 1. The zero-order valence-corrected chi connectivity index (χ0v) is 18.4. The maximum absolute atomic E-state index is 5.41. The van der Waals surface area contributed by atoms with Crippen LogP contribution in [0.4, 0.5) is 5.69 Å². The lowest BCUT2D eigenvalue weighted by Crippen LogP contribution is -2.50. The van der Waals surface area contributed by atoms with E-state index in [1.165, 1.54) is 25.9 Å². The number of hydrogen-bond donors (Lipinski definition) is 2. The molecule has 1 atom stereocenters. The molecular weight excluding hydrogens is 366 g/mol. The van der Waals surface area contributed by atoms with Gasteiger partial charge in [0.15, 0.2) is 5.96 Å². The molecule has 0 saturated carbocycles. The van der Waals surface area contributed by atoms with Gasteiger partial charge in [-0.3, -0.25) is 4.99 Å². The van der Waals surface area contributed by atoms with Gasteiger partial charge in [0.2, 0.25) is 0 Å². The summed E-state index contributed by atoms with van der Waals surface area (Å²) in [6, 6.07) is 6.52. The van der Waals surface area contributed by atoms with Crippen molar-refractivity contribution < 1.29 is 9.47 Å². The fraction of sp³-hybridized carbons (Fsp3) is 0.682. The second-order valence-corrected chi connectivity index (χ2v) is 8.20. The van der Waals surface area contributed by atoms with Gasteiger partial charge in [-0.2, -0.15) is 0 Å². The van der Waals surface area contributed by atoms with E-state index in [1.54, 1.807) is 14.2 Å². The minimum Gasteiger partial charge on any atom is -0.497 e. The molecule has 29 heavy (non-hydrogen) atoms. The molecule has 3 rings (SSSR count). The average molecular weight is 404 g/mol. The molecule has 2 aliphatic rings. The van der Waals surface area contributed by atoms with Gasteiger partial charge < -0.3 is 29.9 Å². The lowest BCUT2D eigenvalue weighted by Gasteiger charge is -2.35. The number of hydrogen-bond acceptors (Lipinski definition) is 5. The maximum Gasteiger partial charge on any atom is 0.191 e. The van der Waals surface area contributed by atoms with E-state index in [-0.39, 0.29) is 0 Å². The van der Waals surface area contributed by atoms with E-state index in [9.17, 15) is 0 Å². The minimum absolute atomic E-state index is 0.444. The van der Waals surface area contributed by atoms with Gasteiger partial charge in [0.1, 0.15) is 11.5 Å². The monoisotopic (exact) mass is 403 g/mol. The SMILES string of the molecule is CN=C(NCC1CCCN(C)C1)NC1CCN(c2cc(OC)cc(OC)c2)CC1. The molecule has 2 N–H and O–H groups in total. The first-order valence-corrected chi connectivity index (χ1v) is 10.7. The Labute approximate surface area is 175 Å². The lowest BCUT2D eigenvalue weighted by molar-refractivity contribution is 0.210. The number of benzene rings is 1. The van der Waals surface area contributed by atoms with Crippen LogP contribution in [0, 0.1) is 5.92 Å². The molecule has 7 heteroatoms. The first kappa shape index (κ1) is 21.6. The highest BCUT2D eigenvalue weighted by Crippen LogP contribution is 2.30. The van der Waals surface area contributed by atoms with E-state index in [0.717, 1.165) is 55.6 Å². The Morgan fingerprint density at radius 2 is 1.76 bits per heavy atom. The topological polar surface area (TPSA) is 61.4 Å². The third-order valence-corrected chi connectivity index (χ3v) is 6.04. The molecule has 2 aliphatic heterocycles. The summed E-state index contributed by atoms with van der Waals surface area (Å²) in [7, 11) is 7.46. The van der Waals surface area contributed by atoms with Crippen molar-refractivity contribution >= 4 is 11.6 Å². The van der Waals surface area contributed by atoms with E-state index in [0.29, 0.717) is 12.0 Å². The van der Waals surface area contributed by atoms with Crippen molar-refractivity contribution in [1.29, 1.82) is 0 Å². The zero-order valence-electron chi connectivity index (χ0n) is 18.4. The number of methoxy groups -OCH3 is 2. The van der Waals surface area contributed by atoms with Gasteiger partial charge in [-0.25, -0.2) is 0 Å². The molecule has 0 spiro atoms. The first-order chi connectivity index (χ1) is 14.1. The summed E-state index contributed by atoms with van der Waals surface area (Å²) in [5, 5.41) is 7.17. The number of anilines is 1. The fourth-order valence-corrected chi connectivity index (χ4v) is 4.33. The van der Waals surface area contributed by atoms with Crippen molar-refractivity contribution in [2.24, 2.45) is 10.9 Å². The molecular formula is C22H37N5O2. The number of piperidine rings is 2. The molecule has 0 amide bonds. The van der Waals surface area contributed by atoms with Gasteiger partial charge in [0.05, 0.1) is 14.2 Å². The molecule has 1 aromatic carbocycles. The summed E-state index contributed by atoms with van der Waals surface area (Å²) < 4.78 is 10.8. The smallest absolute Gasteiger partial charge is 0.191 e. The second kappa shape index (κ2) is 10.6. The predicted octanol–water partition coefficient (Wildman–Crippen LogP) is 2.18. The largest absolute Gasteiger partial charge is 0.497 e. The van der Waals surface area contributed by atoms with Gasteiger partial charge in [0, 0.05) is 63.2 Å². The van der Waals surface area contributed by atoms with Crippen molar-refractivity contribution in [1.82, 2.24) is 15.5 Å². The maximum atomic E-state index is 5.41. The molecule has 7 nitrogen and oxygen atoms in total. The Bertz CT molecular complexity index is 651. The molecule has 0 aliphatic carbocycles. The molecule has 2 heterocycles. The lowest BCUT2D eigenvalue weighted by atomic mass is 9.98. The van der Waals surface area contributed by atoms with Crippen LogP contribution in [0.5, 0.6) is 11.5 Å². The Balaban J connectivity index is 1.47. The van der Waals surface area contributed by atoms with Crippen LogP contribution in [0.1, 0.15) is 25.7 Å². The van der Waals surface area contributed by atoms with Gasteiger partial charge in [-0.1, -0.05) is 0 Å². The Morgan fingerprint density at radius 1 is 1.07 bits per heavy atom. The quantitative estimate of drug-likeness (QED) is 0.561. The molecule has 2 saturated heterocycles. The number of ether oxygens (including phenoxy) is 2. The second-order valence-electron chi connectivity index (χ2n) is 8.20. The van der Waals surface area contributed by atoms with Crippen LogP contribution in [-0.4, -0.2) is 77.9 Å². The van der Waals surface area contributed by atoms with Crippen LogP contribution >= 0.6 is 0 Å². The summed E-state index contributed by atoms with van der Waals surface area (Å²) in [4.78, 5) is 9.27. The number of aliphatic imine (C=N–C) groups is 1. The highest BCUT2D eigenvalue weighted by Gasteiger charge is 2.22. The molecule has 162 valence electrons. The van der Waals surface area contributed by atoms with E-state index in [2.05, 4.69) is 44.6 Å². The molecule has 1 aromatic rings. The highest BCUT2D eigenvalue weighted by molar-refractivity contribution is 5.80. The fourth-order valence-electron chi connectivity index (χ4n) is 4.33. The number of nitrogens with one attached hydrogen (secondary N) is 2. The molecule has 0 bridgehead atoms. The van der Waals surface area contributed by atoms with Gasteiger partial charge in [0.25, 0.3) is 0 Å². The summed E-state index contributed by atoms with van der Waals surface area (Å²) in [5.41, 5.74) is 1.16. The van der Waals surface area contributed by atoms with Crippen LogP contribution in [0.3, 0.4) is 0 Å². The Kier molecular flexibility index (Phi) is 7.86. The van der Waals surface area contributed by atoms with E-state index < -0.39 is 0 Å². The summed E-state index contributed by atoms with van der Waals surface area (Å²) in [6.45, 7) is 5.39. The van der Waals surface area contributed by atoms with Crippen LogP contribution in [-0.2, 0) is 0 Å². The molecule has 0 aromatic heterocycles. The number of guanidine groups is 1. The van der Waals surface area contributed by atoms with Crippen LogP contribution in [0.2, 0.25) is 0 Å². The van der Waals surface area contributed by atoms with Crippen molar-refractivity contribution in [3.63, 3.8) is 0 Å². The molecule has 1 unspecified atom stereocenters.